The van der Waals surface area contributed by atoms with Crippen LogP contribution in [0.4, 0.5) is 5.69 Å². The lowest BCUT2D eigenvalue weighted by molar-refractivity contribution is -0.118. The predicted molar refractivity (Wildman–Crippen MR) is 86.2 cm³/mol. The molecule has 1 amide bonds. The Morgan fingerprint density at radius 2 is 1.86 bits per heavy atom. The van der Waals surface area contributed by atoms with E-state index in [1.54, 1.807) is 0 Å². The Kier molecular flexibility index (Phi) is 7.54. The largest absolute Gasteiger partial charge is 0.494 e. The molecule has 0 unspecified atom stereocenters. The SMILES string of the molecule is CC(C)(C)OCCC(=O)Nc1ccc(OCCCCl)cc1. The molecule has 5 heteroatoms. The van der Waals surface area contributed by atoms with E-state index >= 15 is 0 Å². The minimum atomic E-state index is -0.220. The van der Waals surface area contributed by atoms with Gasteiger partial charge in [-0.1, -0.05) is 0 Å². The van der Waals surface area contributed by atoms with Crippen molar-refractivity contribution in [2.45, 2.75) is 39.2 Å². The summed E-state index contributed by atoms with van der Waals surface area (Å²) in [4.78, 5) is 11.8. The Balaban J connectivity index is 2.32. The summed E-state index contributed by atoms with van der Waals surface area (Å²) in [5, 5.41) is 2.83. The van der Waals surface area contributed by atoms with Gasteiger partial charge < -0.3 is 14.8 Å². The molecule has 1 N–H and O–H groups in total. The molecule has 0 fully saturated rings. The van der Waals surface area contributed by atoms with Gasteiger partial charge in [-0.3, -0.25) is 4.79 Å². The molecule has 4 nitrogen and oxygen atoms in total. The van der Waals surface area contributed by atoms with E-state index < -0.39 is 0 Å². The highest BCUT2D eigenvalue weighted by Gasteiger charge is 2.11. The van der Waals surface area contributed by atoms with Crippen molar-refractivity contribution in [3.8, 4) is 5.75 Å². The van der Waals surface area contributed by atoms with Gasteiger partial charge in [-0.15, -0.1) is 11.6 Å². The number of hydrogen-bond donors (Lipinski definition) is 1. The molecule has 1 aromatic carbocycles. The summed E-state index contributed by atoms with van der Waals surface area (Å²) in [5.41, 5.74) is 0.530. The van der Waals surface area contributed by atoms with Crippen molar-refractivity contribution in [1.29, 1.82) is 0 Å². The highest BCUT2D eigenvalue weighted by atomic mass is 35.5. The maximum Gasteiger partial charge on any atom is 0.226 e. The normalized spacial score (nSPS) is 11.2. The lowest BCUT2D eigenvalue weighted by atomic mass is 10.2. The van der Waals surface area contributed by atoms with Crippen molar-refractivity contribution >= 4 is 23.2 Å². The summed E-state index contributed by atoms with van der Waals surface area (Å²) in [7, 11) is 0. The van der Waals surface area contributed by atoms with Gasteiger partial charge in [-0.25, -0.2) is 0 Å². The molecule has 0 saturated carbocycles. The first-order valence-corrected chi connectivity index (χ1v) is 7.67. The summed E-state index contributed by atoms with van der Waals surface area (Å²) < 4.78 is 11.0. The fourth-order valence-electron chi connectivity index (χ4n) is 1.55. The molecular formula is C16H24ClNO3. The Bertz CT molecular complexity index is 426. The van der Waals surface area contributed by atoms with E-state index in [0.29, 0.717) is 25.5 Å². The van der Waals surface area contributed by atoms with Gasteiger partial charge in [0.25, 0.3) is 0 Å². The first-order valence-electron chi connectivity index (χ1n) is 7.13. The fraction of sp³-hybridized carbons (Fsp3) is 0.562. The van der Waals surface area contributed by atoms with E-state index in [0.717, 1.165) is 17.9 Å². The summed E-state index contributed by atoms with van der Waals surface area (Å²) in [6.45, 7) is 6.91. The first kappa shape index (κ1) is 17.8. The van der Waals surface area contributed by atoms with Gasteiger partial charge in [0, 0.05) is 11.6 Å². The lowest BCUT2D eigenvalue weighted by Gasteiger charge is -2.19. The highest BCUT2D eigenvalue weighted by Crippen LogP contribution is 2.16. The third-order valence-electron chi connectivity index (χ3n) is 2.55. The van der Waals surface area contributed by atoms with Crippen molar-refractivity contribution in [2.24, 2.45) is 0 Å². The minimum absolute atomic E-state index is 0.0601. The standard InChI is InChI=1S/C16H24ClNO3/c1-16(2,3)21-12-9-15(19)18-13-5-7-14(8-6-13)20-11-4-10-17/h5-8H,4,9-12H2,1-3H3,(H,18,19). The van der Waals surface area contributed by atoms with Gasteiger partial charge in [-0.2, -0.15) is 0 Å². The molecule has 0 heterocycles. The van der Waals surface area contributed by atoms with E-state index in [-0.39, 0.29) is 11.5 Å². The van der Waals surface area contributed by atoms with Crippen LogP contribution in [0.15, 0.2) is 24.3 Å². The van der Waals surface area contributed by atoms with Crippen LogP contribution >= 0.6 is 11.6 Å². The third-order valence-corrected chi connectivity index (χ3v) is 2.82. The van der Waals surface area contributed by atoms with Crippen molar-refractivity contribution in [1.82, 2.24) is 0 Å². The molecule has 0 saturated heterocycles. The monoisotopic (exact) mass is 313 g/mol. The molecule has 118 valence electrons. The van der Waals surface area contributed by atoms with E-state index in [4.69, 9.17) is 21.1 Å². The zero-order valence-electron chi connectivity index (χ0n) is 12.9. The van der Waals surface area contributed by atoms with Gasteiger partial charge >= 0.3 is 0 Å². The fourth-order valence-corrected chi connectivity index (χ4v) is 1.66. The number of carbonyl (C=O) groups is 1. The number of rotatable bonds is 8. The molecule has 1 rings (SSSR count). The molecule has 0 spiro atoms. The van der Waals surface area contributed by atoms with Gasteiger partial charge in [0.15, 0.2) is 0 Å². The topological polar surface area (TPSA) is 47.6 Å². The lowest BCUT2D eigenvalue weighted by Crippen LogP contribution is -2.22. The second-order valence-corrected chi connectivity index (χ2v) is 6.05. The van der Waals surface area contributed by atoms with Gasteiger partial charge in [0.2, 0.25) is 5.91 Å². The Labute approximate surface area is 131 Å². The summed E-state index contributed by atoms with van der Waals surface area (Å²) in [6.07, 6.45) is 1.15. The maximum atomic E-state index is 11.8. The van der Waals surface area contributed by atoms with E-state index in [1.165, 1.54) is 0 Å². The molecule has 0 aliphatic rings. The number of hydrogen-bond acceptors (Lipinski definition) is 3. The van der Waals surface area contributed by atoms with Crippen molar-refractivity contribution in [3.63, 3.8) is 0 Å². The van der Waals surface area contributed by atoms with Crippen LogP contribution in [-0.4, -0.2) is 30.6 Å². The summed E-state index contributed by atoms with van der Waals surface area (Å²) >= 11 is 5.58. The summed E-state index contributed by atoms with van der Waals surface area (Å²) in [6, 6.07) is 7.29. The molecule has 0 aliphatic heterocycles. The molecule has 0 aliphatic carbocycles. The molecule has 1 aromatic rings. The van der Waals surface area contributed by atoms with E-state index in [2.05, 4.69) is 5.32 Å². The zero-order valence-corrected chi connectivity index (χ0v) is 13.7. The smallest absolute Gasteiger partial charge is 0.226 e. The van der Waals surface area contributed by atoms with Crippen LogP contribution in [0.2, 0.25) is 0 Å². The van der Waals surface area contributed by atoms with Crippen LogP contribution in [0.1, 0.15) is 33.6 Å². The second kappa shape index (κ2) is 8.90. The molecule has 0 aromatic heterocycles. The Morgan fingerprint density at radius 1 is 1.19 bits per heavy atom. The average Bonchev–Trinajstić information content (AvgIpc) is 2.39. The highest BCUT2D eigenvalue weighted by molar-refractivity contribution is 6.17. The quantitative estimate of drug-likeness (QED) is 0.586. The van der Waals surface area contributed by atoms with Gasteiger partial charge in [0.1, 0.15) is 5.75 Å². The first-order chi connectivity index (χ1) is 9.90. The van der Waals surface area contributed by atoms with Crippen molar-refractivity contribution < 1.29 is 14.3 Å². The van der Waals surface area contributed by atoms with Crippen molar-refractivity contribution in [3.05, 3.63) is 24.3 Å². The van der Waals surface area contributed by atoms with E-state index in [9.17, 15) is 4.79 Å². The minimum Gasteiger partial charge on any atom is -0.494 e. The molecule has 0 bridgehead atoms. The molecule has 21 heavy (non-hydrogen) atoms. The number of carbonyl (C=O) groups excluding carboxylic acids is 1. The van der Waals surface area contributed by atoms with Crippen LogP contribution in [0, 0.1) is 0 Å². The van der Waals surface area contributed by atoms with Crippen molar-refractivity contribution in [2.75, 3.05) is 24.4 Å². The number of halogens is 1. The predicted octanol–water partition coefficient (Wildman–Crippen LogP) is 3.84. The summed E-state index contributed by atoms with van der Waals surface area (Å²) in [5.74, 6) is 1.30. The second-order valence-electron chi connectivity index (χ2n) is 5.67. The number of ether oxygens (including phenoxy) is 2. The van der Waals surface area contributed by atoms with Gasteiger partial charge in [0.05, 0.1) is 25.2 Å². The number of amides is 1. The third kappa shape index (κ3) is 8.58. The Morgan fingerprint density at radius 3 is 2.43 bits per heavy atom. The van der Waals surface area contributed by atoms with Gasteiger partial charge in [-0.05, 0) is 51.5 Å². The van der Waals surface area contributed by atoms with Crippen LogP contribution in [-0.2, 0) is 9.53 Å². The van der Waals surface area contributed by atoms with E-state index in [1.807, 2.05) is 45.0 Å². The molecular weight excluding hydrogens is 290 g/mol. The molecule has 0 atom stereocenters. The number of nitrogens with one attached hydrogen (secondary N) is 1. The average molecular weight is 314 g/mol. The number of alkyl halides is 1. The number of anilines is 1. The zero-order chi connectivity index (χ0) is 15.7. The maximum absolute atomic E-state index is 11.8. The number of benzene rings is 1. The van der Waals surface area contributed by atoms with Crippen LogP contribution in [0.3, 0.4) is 0 Å². The molecule has 0 radical (unpaired) electrons. The van der Waals surface area contributed by atoms with Crippen LogP contribution in [0.25, 0.3) is 0 Å². The van der Waals surface area contributed by atoms with Crippen LogP contribution in [0.5, 0.6) is 5.75 Å². The Hall–Kier alpha value is -1.26. The van der Waals surface area contributed by atoms with Crippen LogP contribution < -0.4 is 10.1 Å².